The molecule has 0 amide bonds. The Morgan fingerprint density at radius 1 is 0.696 bits per heavy atom. The lowest BCUT2D eigenvalue weighted by atomic mass is 9.75. The number of hydrogen-bond donors (Lipinski definition) is 0. The SMILES string of the molecule is C#CP(C#C)c1c(C(C)(C)C)cc(C(C)(C)C)cc1C(C)(C)C. The maximum Gasteiger partial charge on any atom is 0.0810 e. The van der Waals surface area contributed by atoms with Gasteiger partial charge in [0.15, 0.2) is 0 Å². The molecule has 1 rings (SSSR count). The van der Waals surface area contributed by atoms with Crippen LogP contribution in [0.25, 0.3) is 0 Å². The van der Waals surface area contributed by atoms with Crippen molar-refractivity contribution >= 4 is 13.2 Å². The van der Waals surface area contributed by atoms with E-state index >= 15 is 0 Å². The Hall–Kier alpha value is -1.23. The van der Waals surface area contributed by atoms with Gasteiger partial charge in [0, 0.05) is 5.30 Å². The van der Waals surface area contributed by atoms with Gasteiger partial charge in [0.2, 0.25) is 0 Å². The Morgan fingerprint density at radius 2 is 1.04 bits per heavy atom. The molecular weight excluding hydrogens is 295 g/mol. The molecule has 0 atom stereocenters. The van der Waals surface area contributed by atoms with Crippen LogP contribution in [0, 0.1) is 24.2 Å². The van der Waals surface area contributed by atoms with Gasteiger partial charge in [0.05, 0.1) is 7.92 Å². The highest BCUT2D eigenvalue weighted by Crippen LogP contribution is 2.42. The molecule has 124 valence electrons. The van der Waals surface area contributed by atoms with Crippen molar-refractivity contribution in [3.63, 3.8) is 0 Å². The molecule has 0 aliphatic heterocycles. The van der Waals surface area contributed by atoms with Gasteiger partial charge in [-0.3, -0.25) is 0 Å². The second-order valence-corrected chi connectivity index (χ2v) is 10.9. The van der Waals surface area contributed by atoms with Crippen LogP contribution in [0.1, 0.15) is 79.0 Å². The van der Waals surface area contributed by atoms with E-state index in [0.29, 0.717) is 0 Å². The molecule has 1 aromatic carbocycles. The molecule has 0 aliphatic rings. The van der Waals surface area contributed by atoms with E-state index in [1.165, 1.54) is 22.0 Å². The van der Waals surface area contributed by atoms with E-state index in [0.717, 1.165) is 0 Å². The largest absolute Gasteiger partial charge is 0.114 e. The van der Waals surface area contributed by atoms with Crippen molar-refractivity contribution < 1.29 is 0 Å². The summed E-state index contributed by atoms with van der Waals surface area (Å²) in [7, 11) is -1.01. The summed E-state index contributed by atoms with van der Waals surface area (Å²) in [6.45, 7) is 20.2. The molecule has 1 aromatic rings. The summed E-state index contributed by atoms with van der Waals surface area (Å²) in [5.74, 6) is 0. The van der Waals surface area contributed by atoms with Crippen molar-refractivity contribution in [1.82, 2.24) is 0 Å². The average Bonchev–Trinajstić information content (AvgIpc) is 2.36. The first-order chi connectivity index (χ1) is 10.2. The molecule has 0 saturated heterocycles. The first kappa shape index (κ1) is 19.8. The van der Waals surface area contributed by atoms with Crippen LogP contribution >= 0.6 is 7.92 Å². The second kappa shape index (κ2) is 6.34. The lowest BCUT2D eigenvalue weighted by Crippen LogP contribution is -2.31. The number of terminal acetylenes is 2. The van der Waals surface area contributed by atoms with Crippen molar-refractivity contribution in [1.29, 1.82) is 0 Å². The summed E-state index contributed by atoms with van der Waals surface area (Å²) in [5.41, 5.74) is 9.81. The highest BCUT2D eigenvalue weighted by atomic mass is 31.1. The molecule has 1 heteroatoms. The molecule has 0 aromatic heterocycles. The van der Waals surface area contributed by atoms with E-state index in [1.54, 1.807) is 0 Å². The van der Waals surface area contributed by atoms with Crippen LogP contribution in [0.4, 0.5) is 0 Å². The van der Waals surface area contributed by atoms with Crippen LogP contribution in [-0.4, -0.2) is 0 Å². The standard InChI is InChI=1S/C22H31P/c1-12-23(13-2)19-17(21(6,7)8)14-16(20(3,4)5)15-18(19)22(9,10)11/h1-2,14-15H,3-11H3. The zero-order chi connectivity index (χ0) is 18.2. The number of benzene rings is 1. The van der Waals surface area contributed by atoms with Gasteiger partial charge in [-0.25, -0.2) is 0 Å². The van der Waals surface area contributed by atoms with E-state index in [-0.39, 0.29) is 16.2 Å². The van der Waals surface area contributed by atoms with Crippen molar-refractivity contribution in [2.45, 2.75) is 78.6 Å². The summed E-state index contributed by atoms with van der Waals surface area (Å²) < 4.78 is 0. The van der Waals surface area contributed by atoms with Crippen molar-refractivity contribution in [2.24, 2.45) is 0 Å². The van der Waals surface area contributed by atoms with E-state index in [4.69, 9.17) is 12.8 Å². The highest BCUT2D eigenvalue weighted by molar-refractivity contribution is 7.75. The molecule has 0 N–H and O–H groups in total. The number of hydrogen-bond acceptors (Lipinski definition) is 0. The van der Waals surface area contributed by atoms with Gasteiger partial charge in [-0.15, -0.1) is 12.8 Å². The zero-order valence-corrected chi connectivity index (χ0v) is 17.2. The minimum atomic E-state index is -1.01. The average molecular weight is 326 g/mol. The molecule has 0 bridgehead atoms. The highest BCUT2D eigenvalue weighted by Gasteiger charge is 2.31. The zero-order valence-electron chi connectivity index (χ0n) is 16.3. The van der Waals surface area contributed by atoms with Gasteiger partial charge in [0.25, 0.3) is 0 Å². The fraction of sp³-hybridized carbons (Fsp3) is 0.545. The predicted molar refractivity (Wildman–Crippen MR) is 107 cm³/mol. The third-order valence-electron chi connectivity index (χ3n) is 4.07. The van der Waals surface area contributed by atoms with Gasteiger partial charge >= 0.3 is 0 Å². The topological polar surface area (TPSA) is 0 Å². The summed E-state index contributed by atoms with van der Waals surface area (Å²) in [6.07, 6.45) is 11.6. The van der Waals surface area contributed by atoms with Crippen molar-refractivity contribution in [3.8, 4) is 24.2 Å². The van der Waals surface area contributed by atoms with Gasteiger partial charge in [-0.2, -0.15) is 0 Å². The minimum absolute atomic E-state index is 0.00484. The normalized spacial score (nSPS) is 12.9. The Balaban J connectivity index is 4.00. The molecule has 0 unspecified atom stereocenters. The van der Waals surface area contributed by atoms with Gasteiger partial charge in [-0.1, -0.05) is 85.8 Å². The van der Waals surface area contributed by atoms with Gasteiger partial charge < -0.3 is 0 Å². The fourth-order valence-electron chi connectivity index (χ4n) is 2.62. The molecule has 0 radical (unpaired) electrons. The molecule has 23 heavy (non-hydrogen) atoms. The van der Waals surface area contributed by atoms with Gasteiger partial charge in [0.1, 0.15) is 0 Å². The first-order valence-electron chi connectivity index (χ1n) is 8.15. The molecule has 0 spiro atoms. The maximum absolute atomic E-state index is 5.80. The molecular formula is C22H31P. The van der Waals surface area contributed by atoms with Crippen LogP contribution in [0.5, 0.6) is 0 Å². The smallest absolute Gasteiger partial charge is 0.0810 e. The summed E-state index contributed by atoms with van der Waals surface area (Å²) >= 11 is 0. The third kappa shape index (κ3) is 4.40. The third-order valence-corrected chi connectivity index (χ3v) is 5.52. The van der Waals surface area contributed by atoms with Crippen LogP contribution in [0.15, 0.2) is 12.1 Å². The first-order valence-corrected chi connectivity index (χ1v) is 9.49. The monoisotopic (exact) mass is 326 g/mol. The van der Waals surface area contributed by atoms with Crippen LogP contribution in [-0.2, 0) is 16.2 Å². The van der Waals surface area contributed by atoms with E-state index in [1.807, 2.05) is 0 Å². The van der Waals surface area contributed by atoms with Crippen molar-refractivity contribution in [2.75, 3.05) is 0 Å². The Bertz CT molecular complexity index is 609. The quantitative estimate of drug-likeness (QED) is 0.447. The molecule has 0 heterocycles. The van der Waals surface area contributed by atoms with E-state index < -0.39 is 7.92 Å². The van der Waals surface area contributed by atoms with Crippen LogP contribution < -0.4 is 5.30 Å². The number of rotatable bonds is 1. The fourth-order valence-corrected chi connectivity index (χ4v) is 4.23. The molecule has 0 saturated carbocycles. The lowest BCUT2D eigenvalue weighted by molar-refractivity contribution is 0.553. The van der Waals surface area contributed by atoms with E-state index in [2.05, 4.69) is 85.8 Å². The predicted octanol–water partition coefficient (Wildman–Crippen LogP) is 5.87. The minimum Gasteiger partial charge on any atom is -0.114 e. The molecule has 0 aliphatic carbocycles. The van der Waals surface area contributed by atoms with E-state index in [9.17, 15) is 0 Å². The summed E-state index contributed by atoms with van der Waals surface area (Å²) in [4.78, 5) is 0. The van der Waals surface area contributed by atoms with Crippen LogP contribution in [0.3, 0.4) is 0 Å². The Labute approximate surface area is 145 Å². The van der Waals surface area contributed by atoms with Crippen LogP contribution in [0.2, 0.25) is 0 Å². The van der Waals surface area contributed by atoms with Gasteiger partial charge in [-0.05, 0) is 32.9 Å². The second-order valence-electron chi connectivity index (χ2n) is 9.26. The van der Waals surface area contributed by atoms with Crippen molar-refractivity contribution in [3.05, 3.63) is 28.8 Å². The lowest BCUT2D eigenvalue weighted by Gasteiger charge is -2.34. The molecule has 0 fully saturated rings. The Morgan fingerprint density at radius 3 is 1.26 bits per heavy atom. The maximum atomic E-state index is 5.80. The molecule has 0 nitrogen and oxygen atoms in total. The summed E-state index contributed by atoms with van der Waals surface area (Å²) in [5, 5.41) is 1.22. The summed E-state index contributed by atoms with van der Waals surface area (Å²) in [6, 6.07) is 4.66. The Kier molecular flexibility index (Phi) is 5.47.